The third-order valence-corrected chi connectivity index (χ3v) is 4.36. The summed E-state index contributed by atoms with van der Waals surface area (Å²) in [6.07, 6.45) is 0.484. The van der Waals surface area contributed by atoms with Gasteiger partial charge < -0.3 is 15.5 Å². The van der Waals surface area contributed by atoms with E-state index in [2.05, 4.69) is 15.6 Å². The third-order valence-electron chi connectivity index (χ3n) is 4.13. The molecule has 0 bridgehead atoms. The highest BCUT2D eigenvalue weighted by Crippen LogP contribution is 2.27. The average molecular weight is 485 g/mol. The molecule has 0 aromatic heterocycles. The number of hydrogen-bond acceptors (Lipinski definition) is 2. The fraction of sp³-hybridized carbons (Fsp3) is 0.263. The molecule has 0 saturated heterocycles. The molecule has 0 saturated carbocycles. The molecule has 0 unspecified atom stereocenters. The van der Waals surface area contributed by atoms with Gasteiger partial charge in [-0.1, -0.05) is 41.9 Å². The standard InChI is InChI=1S/C19H21ClN4O.HI/c1-21-19(23-13-14-5-4-7-16(20)11-14)22-9-10-24-17-8-3-2-6-15(17)12-18(24)25;/h2-8,11H,9-10,12-13H2,1H3,(H2,21,22,23);1H. The first-order chi connectivity index (χ1) is 12.2. The Morgan fingerprint density at radius 3 is 2.77 bits per heavy atom. The largest absolute Gasteiger partial charge is 0.355 e. The molecule has 2 aromatic rings. The van der Waals surface area contributed by atoms with Gasteiger partial charge in [0.2, 0.25) is 5.91 Å². The number of nitrogens with zero attached hydrogens (tertiary/aromatic N) is 2. The molecule has 0 atom stereocenters. The van der Waals surface area contributed by atoms with Gasteiger partial charge in [-0.25, -0.2) is 0 Å². The number of rotatable bonds is 5. The second kappa shape index (κ2) is 9.78. The fourth-order valence-electron chi connectivity index (χ4n) is 2.90. The number of carbonyl (C=O) groups is 1. The minimum Gasteiger partial charge on any atom is -0.355 e. The van der Waals surface area contributed by atoms with Crippen LogP contribution in [0.3, 0.4) is 0 Å². The lowest BCUT2D eigenvalue weighted by Gasteiger charge is -2.19. The summed E-state index contributed by atoms with van der Waals surface area (Å²) in [7, 11) is 1.73. The van der Waals surface area contributed by atoms with Crippen molar-refractivity contribution in [3.63, 3.8) is 0 Å². The predicted molar refractivity (Wildman–Crippen MR) is 118 cm³/mol. The number of carbonyl (C=O) groups excluding carboxylic acids is 1. The van der Waals surface area contributed by atoms with Gasteiger partial charge in [0.15, 0.2) is 5.96 Å². The SMILES string of the molecule is CN=C(NCCN1C(=O)Cc2ccccc21)NCc1cccc(Cl)c1.I. The van der Waals surface area contributed by atoms with Crippen molar-refractivity contribution < 1.29 is 4.79 Å². The third kappa shape index (κ3) is 5.11. The lowest BCUT2D eigenvalue weighted by molar-refractivity contribution is -0.117. The molecule has 1 aliphatic rings. The summed E-state index contributed by atoms with van der Waals surface area (Å²) in [5.41, 5.74) is 3.19. The summed E-state index contributed by atoms with van der Waals surface area (Å²) < 4.78 is 0. The van der Waals surface area contributed by atoms with Crippen LogP contribution in [0.2, 0.25) is 5.02 Å². The maximum absolute atomic E-state index is 12.2. The molecule has 0 radical (unpaired) electrons. The zero-order chi connectivity index (χ0) is 17.6. The molecule has 2 aromatic carbocycles. The molecule has 138 valence electrons. The molecule has 0 fully saturated rings. The van der Waals surface area contributed by atoms with Gasteiger partial charge in [0, 0.05) is 37.4 Å². The number of para-hydroxylation sites is 1. The van der Waals surface area contributed by atoms with E-state index in [1.54, 1.807) is 7.05 Å². The Morgan fingerprint density at radius 2 is 2.00 bits per heavy atom. The molecule has 1 amide bonds. The molecule has 1 aliphatic heterocycles. The first-order valence-corrected chi connectivity index (χ1v) is 8.62. The fourth-order valence-corrected chi connectivity index (χ4v) is 3.11. The molecular weight excluding hydrogens is 463 g/mol. The van der Waals surface area contributed by atoms with Gasteiger partial charge in [-0.3, -0.25) is 9.79 Å². The normalized spacial score (nSPS) is 13.2. The van der Waals surface area contributed by atoms with Gasteiger partial charge in [0.05, 0.1) is 6.42 Å². The van der Waals surface area contributed by atoms with Gasteiger partial charge in [0.1, 0.15) is 0 Å². The summed E-state index contributed by atoms with van der Waals surface area (Å²) in [6, 6.07) is 15.6. The number of guanidine groups is 1. The lowest BCUT2D eigenvalue weighted by atomic mass is 10.2. The van der Waals surface area contributed by atoms with Crippen LogP contribution in [0.5, 0.6) is 0 Å². The highest BCUT2D eigenvalue weighted by atomic mass is 127. The molecule has 26 heavy (non-hydrogen) atoms. The quantitative estimate of drug-likeness (QED) is 0.389. The first-order valence-electron chi connectivity index (χ1n) is 8.24. The van der Waals surface area contributed by atoms with E-state index in [0.717, 1.165) is 16.8 Å². The Kier molecular flexibility index (Phi) is 7.71. The lowest BCUT2D eigenvalue weighted by Crippen LogP contribution is -2.42. The van der Waals surface area contributed by atoms with E-state index in [-0.39, 0.29) is 29.9 Å². The van der Waals surface area contributed by atoms with Crippen molar-refractivity contribution in [2.24, 2.45) is 4.99 Å². The maximum Gasteiger partial charge on any atom is 0.231 e. The topological polar surface area (TPSA) is 56.7 Å². The number of hydrogen-bond donors (Lipinski definition) is 2. The summed E-state index contributed by atoms with van der Waals surface area (Å²) in [4.78, 5) is 18.2. The molecule has 3 rings (SSSR count). The van der Waals surface area contributed by atoms with Crippen LogP contribution in [-0.4, -0.2) is 32.0 Å². The van der Waals surface area contributed by atoms with Gasteiger partial charge in [0.25, 0.3) is 0 Å². The zero-order valence-corrected chi connectivity index (χ0v) is 17.6. The van der Waals surface area contributed by atoms with Crippen molar-refractivity contribution in [2.45, 2.75) is 13.0 Å². The number of fused-ring (bicyclic) bond motifs is 1. The molecule has 7 heteroatoms. The highest BCUT2D eigenvalue weighted by molar-refractivity contribution is 14.0. The summed E-state index contributed by atoms with van der Waals surface area (Å²) >= 11 is 5.99. The summed E-state index contributed by atoms with van der Waals surface area (Å²) in [5, 5.41) is 7.21. The van der Waals surface area contributed by atoms with Crippen LogP contribution < -0.4 is 15.5 Å². The van der Waals surface area contributed by atoms with E-state index in [1.165, 1.54) is 0 Å². The van der Waals surface area contributed by atoms with E-state index < -0.39 is 0 Å². The molecule has 0 spiro atoms. The molecule has 2 N–H and O–H groups in total. The highest BCUT2D eigenvalue weighted by Gasteiger charge is 2.25. The number of amides is 1. The Balaban J connectivity index is 0.00000243. The van der Waals surface area contributed by atoms with Crippen molar-refractivity contribution in [2.75, 3.05) is 25.0 Å². The van der Waals surface area contributed by atoms with Crippen molar-refractivity contribution in [1.82, 2.24) is 10.6 Å². The molecule has 1 heterocycles. The Hall–Kier alpha value is -1.80. The predicted octanol–water partition coefficient (Wildman–Crippen LogP) is 3.21. The van der Waals surface area contributed by atoms with Crippen molar-refractivity contribution in [1.29, 1.82) is 0 Å². The molecule has 5 nitrogen and oxygen atoms in total. The van der Waals surface area contributed by atoms with Crippen LogP contribution in [0, 0.1) is 0 Å². The number of anilines is 1. The Morgan fingerprint density at radius 1 is 1.19 bits per heavy atom. The Labute approximate surface area is 175 Å². The van der Waals surface area contributed by atoms with Crippen LogP contribution in [-0.2, 0) is 17.8 Å². The minimum atomic E-state index is 0. The van der Waals surface area contributed by atoms with Crippen LogP contribution >= 0.6 is 35.6 Å². The van der Waals surface area contributed by atoms with Gasteiger partial charge in [-0.15, -0.1) is 24.0 Å². The van der Waals surface area contributed by atoms with Crippen LogP contribution in [0.25, 0.3) is 0 Å². The van der Waals surface area contributed by atoms with E-state index >= 15 is 0 Å². The first kappa shape index (κ1) is 20.5. The molecule has 0 aliphatic carbocycles. The van der Waals surface area contributed by atoms with Crippen LogP contribution in [0.4, 0.5) is 5.69 Å². The van der Waals surface area contributed by atoms with Gasteiger partial charge in [-0.2, -0.15) is 0 Å². The number of halogens is 2. The smallest absolute Gasteiger partial charge is 0.231 e. The van der Waals surface area contributed by atoms with E-state index in [0.29, 0.717) is 37.0 Å². The minimum absolute atomic E-state index is 0. The molecular formula is C19H22ClIN4O. The number of nitrogens with one attached hydrogen (secondary N) is 2. The van der Waals surface area contributed by atoms with Gasteiger partial charge in [-0.05, 0) is 29.3 Å². The Bertz CT molecular complexity index is 797. The van der Waals surface area contributed by atoms with E-state index in [9.17, 15) is 4.79 Å². The number of benzene rings is 2. The summed E-state index contributed by atoms with van der Waals surface area (Å²) in [6.45, 7) is 1.86. The van der Waals surface area contributed by atoms with Crippen molar-refractivity contribution in [3.8, 4) is 0 Å². The zero-order valence-electron chi connectivity index (χ0n) is 14.5. The average Bonchev–Trinajstić information content (AvgIpc) is 2.93. The second-order valence-corrected chi connectivity index (χ2v) is 6.27. The number of aliphatic imine (C=N–C) groups is 1. The van der Waals surface area contributed by atoms with Crippen LogP contribution in [0.15, 0.2) is 53.5 Å². The van der Waals surface area contributed by atoms with E-state index in [4.69, 9.17) is 11.6 Å². The monoisotopic (exact) mass is 484 g/mol. The summed E-state index contributed by atoms with van der Waals surface area (Å²) in [5.74, 6) is 0.838. The second-order valence-electron chi connectivity index (χ2n) is 5.83. The van der Waals surface area contributed by atoms with Crippen LogP contribution in [0.1, 0.15) is 11.1 Å². The maximum atomic E-state index is 12.2. The van der Waals surface area contributed by atoms with Crippen molar-refractivity contribution in [3.05, 3.63) is 64.7 Å². The van der Waals surface area contributed by atoms with Gasteiger partial charge >= 0.3 is 0 Å². The van der Waals surface area contributed by atoms with Crippen molar-refractivity contribution >= 4 is 53.1 Å². The van der Waals surface area contributed by atoms with E-state index in [1.807, 2.05) is 53.4 Å².